The zero-order valence-electron chi connectivity index (χ0n) is 16.0. The largest absolute Gasteiger partial charge is 0.480 e. The Balaban J connectivity index is 2.92. The Morgan fingerprint density at radius 3 is 2.48 bits per heavy atom. The van der Waals surface area contributed by atoms with Crippen molar-refractivity contribution in [3.8, 4) is 0 Å². The van der Waals surface area contributed by atoms with E-state index >= 15 is 0 Å². The Kier molecular flexibility index (Phi) is 10.1. The number of rotatable bonds is 13. The summed E-state index contributed by atoms with van der Waals surface area (Å²) in [5.41, 5.74) is 5.02. The van der Waals surface area contributed by atoms with Crippen LogP contribution in [0, 0.1) is 10.1 Å². The molecule has 0 aliphatic carbocycles. The summed E-state index contributed by atoms with van der Waals surface area (Å²) < 4.78 is 0. The molecule has 0 aromatic heterocycles. The predicted molar refractivity (Wildman–Crippen MR) is 107 cm³/mol. The van der Waals surface area contributed by atoms with Gasteiger partial charge in [-0.2, -0.15) is 0 Å². The topological polar surface area (TPSA) is 219 Å². The molecule has 0 bridgehead atoms. The first-order valence-corrected chi connectivity index (χ1v) is 9.67. The zero-order valence-corrected chi connectivity index (χ0v) is 16.8. The Labute approximate surface area is 179 Å². The molecule has 168 valence electrons. The van der Waals surface area contributed by atoms with Crippen LogP contribution in [0.25, 0.3) is 0 Å². The summed E-state index contributed by atoms with van der Waals surface area (Å²) in [6, 6.07) is 1.16. The Bertz CT molecular complexity index is 877. The maximum absolute atomic E-state index is 12.3. The van der Waals surface area contributed by atoms with Gasteiger partial charge in [0, 0.05) is 23.8 Å². The third-order valence-corrected chi connectivity index (χ3v) is 4.94. The van der Waals surface area contributed by atoms with Crippen LogP contribution >= 0.6 is 11.8 Å². The zero-order chi connectivity index (χ0) is 23.6. The van der Waals surface area contributed by atoms with E-state index in [0.29, 0.717) is 6.29 Å². The van der Waals surface area contributed by atoms with Crippen molar-refractivity contribution in [2.45, 2.75) is 29.8 Å². The summed E-state index contributed by atoms with van der Waals surface area (Å²) >= 11 is 0.837. The van der Waals surface area contributed by atoms with Gasteiger partial charge in [-0.3, -0.25) is 34.1 Å². The van der Waals surface area contributed by atoms with Crippen LogP contribution in [0.1, 0.15) is 23.2 Å². The fourth-order valence-corrected chi connectivity index (χ4v) is 3.22. The number of nitrogens with one attached hydrogen (secondary N) is 2. The van der Waals surface area contributed by atoms with E-state index < -0.39 is 47.3 Å². The lowest BCUT2D eigenvalue weighted by atomic mass is 10.1. The second-order valence-electron chi connectivity index (χ2n) is 6.13. The van der Waals surface area contributed by atoms with E-state index in [0.717, 1.165) is 17.8 Å². The molecule has 0 unspecified atom stereocenters. The van der Waals surface area contributed by atoms with Gasteiger partial charge in [-0.15, -0.1) is 11.8 Å². The number of carbonyl (C=O) groups excluding carboxylic acids is 3. The molecule has 0 aliphatic rings. The molecule has 1 aromatic rings. The highest BCUT2D eigenvalue weighted by atomic mass is 32.2. The summed E-state index contributed by atoms with van der Waals surface area (Å²) in [5.74, 6) is -4.39. The number of aliphatic carboxylic acids is 2. The number of nitrogens with two attached hydrogens (primary N) is 1. The molecule has 2 amide bonds. The number of nitro groups is 1. The first-order valence-electron chi connectivity index (χ1n) is 8.68. The summed E-state index contributed by atoms with van der Waals surface area (Å²) in [6.45, 7) is -0.714. The molecule has 14 heteroatoms. The van der Waals surface area contributed by atoms with Crippen molar-refractivity contribution < 1.29 is 39.1 Å². The molecule has 13 nitrogen and oxygen atoms in total. The molecular weight excluding hydrogens is 436 g/mol. The van der Waals surface area contributed by atoms with E-state index in [1.807, 2.05) is 0 Å². The van der Waals surface area contributed by atoms with Crippen molar-refractivity contribution in [2.75, 3.05) is 12.3 Å². The van der Waals surface area contributed by atoms with Crippen molar-refractivity contribution >= 4 is 47.5 Å². The average molecular weight is 456 g/mol. The number of nitrogens with zero attached hydrogens (tertiary/aromatic N) is 1. The number of aldehydes is 1. The van der Waals surface area contributed by atoms with Crippen molar-refractivity contribution in [3.05, 3.63) is 33.9 Å². The van der Waals surface area contributed by atoms with Crippen molar-refractivity contribution in [1.29, 1.82) is 0 Å². The summed E-state index contributed by atoms with van der Waals surface area (Å²) in [6.07, 6.45) is -0.0723. The highest BCUT2D eigenvalue weighted by molar-refractivity contribution is 7.99. The predicted octanol–water partition coefficient (Wildman–Crippen LogP) is -0.623. The van der Waals surface area contributed by atoms with Gasteiger partial charge in [0.1, 0.15) is 24.9 Å². The van der Waals surface area contributed by atoms with Crippen LogP contribution in [0.2, 0.25) is 0 Å². The van der Waals surface area contributed by atoms with Crippen LogP contribution in [-0.4, -0.2) is 69.6 Å². The van der Waals surface area contributed by atoms with E-state index in [9.17, 15) is 34.1 Å². The monoisotopic (exact) mass is 456 g/mol. The molecule has 0 saturated carbocycles. The van der Waals surface area contributed by atoms with Gasteiger partial charge in [0.25, 0.3) is 5.69 Å². The van der Waals surface area contributed by atoms with Crippen molar-refractivity contribution in [1.82, 2.24) is 10.6 Å². The van der Waals surface area contributed by atoms with Crippen LogP contribution in [0.4, 0.5) is 5.69 Å². The lowest BCUT2D eigenvalue weighted by molar-refractivity contribution is -0.387. The molecule has 0 heterocycles. The minimum atomic E-state index is -1.32. The maximum atomic E-state index is 12.3. The van der Waals surface area contributed by atoms with Crippen molar-refractivity contribution in [2.24, 2.45) is 5.73 Å². The van der Waals surface area contributed by atoms with Crippen LogP contribution in [0.3, 0.4) is 0 Å². The molecular formula is C17H20N4O9S. The number of carbonyl (C=O) groups is 5. The second-order valence-corrected chi connectivity index (χ2v) is 7.19. The number of benzene rings is 1. The lowest BCUT2D eigenvalue weighted by Gasteiger charge is -2.18. The maximum Gasteiger partial charge on any atom is 0.322 e. The van der Waals surface area contributed by atoms with E-state index in [1.165, 1.54) is 12.1 Å². The number of thioether (sulfide) groups is 1. The van der Waals surface area contributed by atoms with Crippen LogP contribution in [-0.2, 0) is 19.2 Å². The standard InChI is InChI=1S/C17H20N4O9S/c18-10(17(27)28)2-4-14(23)20-11(16(26)19-6-15(24)25)8-31-13-3-1-9(7-22)5-12(13)21(29)30/h1,3,5,7,10-11H,2,4,6,8,18H2,(H,19,26)(H,20,23)(H,24,25)(H,27,28)/t10-,11-/m0/s1. The van der Waals surface area contributed by atoms with Crippen LogP contribution in [0.15, 0.2) is 23.1 Å². The van der Waals surface area contributed by atoms with Gasteiger partial charge in [0.2, 0.25) is 11.8 Å². The average Bonchev–Trinajstić information content (AvgIpc) is 2.72. The number of hydrogen-bond acceptors (Lipinski definition) is 9. The number of carboxylic acid groups (broad SMARTS) is 2. The van der Waals surface area contributed by atoms with Gasteiger partial charge in [-0.25, -0.2) is 0 Å². The molecule has 0 spiro atoms. The molecule has 1 aromatic carbocycles. The Morgan fingerprint density at radius 2 is 1.94 bits per heavy atom. The molecule has 2 atom stereocenters. The van der Waals surface area contributed by atoms with Gasteiger partial charge in [-0.1, -0.05) is 6.07 Å². The van der Waals surface area contributed by atoms with Gasteiger partial charge in [-0.05, 0) is 12.5 Å². The van der Waals surface area contributed by atoms with Gasteiger partial charge >= 0.3 is 11.9 Å². The van der Waals surface area contributed by atoms with E-state index in [2.05, 4.69) is 10.6 Å². The van der Waals surface area contributed by atoms with Gasteiger partial charge < -0.3 is 26.6 Å². The highest BCUT2D eigenvalue weighted by Crippen LogP contribution is 2.30. The lowest BCUT2D eigenvalue weighted by Crippen LogP contribution is -2.49. The van der Waals surface area contributed by atoms with E-state index in [4.69, 9.17) is 15.9 Å². The van der Waals surface area contributed by atoms with Crippen LogP contribution < -0.4 is 16.4 Å². The highest BCUT2D eigenvalue weighted by Gasteiger charge is 2.24. The quantitative estimate of drug-likeness (QED) is 0.109. The fraction of sp³-hybridized carbons (Fsp3) is 0.353. The Hall–Kier alpha value is -3.52. The molecule has 31 heavy (non-hydrogen) atoms. The summed E-state index contributed by atoms with van der Waals surface area (Å²) in [5, 5.41) is 33.1. The molecule has 0 fully saturated rings. The fourth-order valence-electron chi connectivity index (χ4n) is 2.19. The van der Waals surface area contributed by atoms with E-state index in [1.54, 1.807) is 0 Å². The first kappa shape index (κ1) is 25.5. The Morgan fingerprint density at radius 1 is 1.26 bits per heavy atom. The van der Waals surface area contributed by atoms with Crippen LogP contribution in [0.5, 0.6) is 0 Å². The number of carboxylic acids is 2. The summed E-state index contributed by atoms with van der Waals surface area (Å²) in [7, 11) is 0. The molecule has 0 radical (unpaired) electrons. The minimum Gasteiger partial charge on any atom is -0.480 e. The number of hydrogen-bond donors (Lipinski definition) is 5. The van der Waals surface area contributed by atoms with E-state index in [-0.39, 0.29) is 34.7 Å². The SMILES string of the molecule is N[C@@H](CCC(=O)N[C@@H](CSc1ccc(C=O)cc1[N+](=O)[O-])C(=O)NCC(=O)O)C(=O)O. The van der Waals surface area contributed by atoms with Crippen molar-refractivity contribution in [3.63, 3.8) is 0 Å². The molecule has 0 saturated heterocycles. The normalized spacial score (nSPS) is 12.3. The smallest absolute Gasteiger partial charge is 0.322 e. The van der Waals surface area contributed by atoms with Gasteiger partial charge in [0.15, 0.2) is 0 Å². The minimum absolute atomic E-state index is 0.0786. The molecule has 6 N–H and O–H groups in total. The third-order valence-electron chi connectivity index (χ3n) is 3.79. The number of amides is 2. The molecule has 1 rings (SSSR count). The molecule has 0 aliphatic heterocycles. The summed E-state index contributed by atoms with van der Waals surface area (Å²) in [4.78, 5) is 67.2. The third kappa shape index (κ3) is 8.79. The second kappa shape index (κ2) is 12.2. The first-order chi connectivity index (χ1) is 14.5. The number of nitro benzene ring substituents is 1. The van der Waals surface area contributed by atoms with Gasteiger partial charge in [0.05, 0.1) is 9.82 Å².